The number of hydrogen-bond donors (Lipinski definition) is 2. The van der Waals surface area contributed by atoms with Crippen LogP contribution in [-0.2, 0) is 4.74 Å². The molecule has 17 heavy (non-hydrogen) atoms. The van der Waals surface area contributed by atoms with E-state index in [4.69, 9.17) is 4.74 Å². The van der Waals surface area contributed by atoms with Gasteiger partial charge in [0.2, 0.25) is 0 Å². The van der Waals surface area contributed by atoms with Crippen molar-refractivity contribution in [1.82, 2.24) is 10.6 Å². The summed E-state index contributed by atoms with van der Waals surface area (Å²) in [7, 11) is 1.73. The van der Waals surface area contributed by atoms with Crippen molar-refractivity contribution in [3.05, 3.63) is 0 Å². The Hall–Kier alpha value is -0.420. The van der Waals surface area contributed by atoms with Crippen molar-refractivity contribution in [3.63, 3.8) is 0 Å². The molecule has 1 atom stereocenters. The molecule has 0 amide bonds. The highest BCUT2D eigenvalue weighted by Crippen LogP contribution is 2.25. The highest BCUT2D eigenvalue weighted by Gasteiger charge is 2.14. The third kappa shape index (κ3) is 6.78. The van der Waals surface area contributed by atoms with Gasteiger partial charge in [-0.1, -0.05) is 0 Å². The van der Waals surface area contributed by atoms with Crippen molar-refractivity contribution in [2.75, 3.05) is 39.1 Å². The van der Waals surface area contributed by atoms with Crippen LogP contribution in [-0.4, -0.2) is 50.3 Å². The SMILES string of the molecule is CCNC(=NCC1CCCS1)NCCCOC. The van der Waals surface area contributed by atoms with Crippen molar-refractivity contribution >= 4 is 17.7 Å². The Balaban J connectivity index is 2.22. The van der Waals surface area contributed by atoms with Crippen LogP contribution < -0.4 is 10.6 Å². The molecule has 1 aliphatic rings. The van der Waals surface area contributed by atoms with Crippen LogP contribution in [0.2, 0.25) is 0 Å². The fraction of sp³-hybridized carbons (Fsp3) is 0.917. The Morgan fingerprint density at radius 3 is 3.00 bits per heavy atom. The quantitative estimate of drug-likeness (QED) is 0.413. The molecule has 1 fully saturated rings. The number of aliphatic imine (C=N–C) groups is 1. The number of nitrogens with zero attached hydrogens (tertiary/aromatic N) is 1. The predicted octanol–water partition coefficient (Wildman–Crippen LogP) is 1.47. The summed E-state index contributed by atoms with van der Waals surface area (Å²) in [5.74, 6) is 2.24. The van der Waals surface area contributed by atoms with Crippen LogP contribution in [0.3, 0.4) is 0 Å². The molecule has 1 unspecified atom stereocenters. The summed E-state index contributed by atoms with van der Waals surface area (Å²) < 4.78 is 5.02. The van der Waals surface area contributed by atoms with Crippen molar-refractivity contribution in [1.29, 1.82) is 0 Å². The minimum Gasteiger partial charge on any atom is -0.385 e. The van der Waals surface area contributed by atoms with E-state index in [9.17, 15) is 0 Å². The molecule has 0 spiro atoms. The second-order valence-corrected chi connectivity index (χ2v) is 5.54. The fourth-order valence-corrected chi connectivity index (χ4v) is 2.93. The van der Waals surface area contributed by atoms with Gasteiger partial charge in [0.25, 0.3) is 0 Å². The number of thioether (sulfide) groups is 1. The Morgan fingerprint density at radius 2 is 2.35 bits per heavy atom. The molecule has 0 aromatic heterocycles. The van der Waals surface area contributed by atoms with Crippen LogP contribution in [0.25, 0.3) is 0 Å². The van der Waals surface area contributed by atoms with E-state index in [1.165, 1.54) is 18.6 Å². The molecule has 2 N–H and O–H groups in total. The molecule has 5 heteroatoms. The van der Waals surface area contributed by atoms with Crippen molar-refractivity contribution < 1.29 is 4.74 Å². The maximum Gasteiger partial charge on any atom is 0.191 e. The summed E-state index contributed by atoms with van der Waals surface area (Å²) in [4.78, 5) is 4.63. The largest absolute Gasteiger partial charge is 0.385 e. The number of guanidine groups is 1. The molecule has 1 aliphatic heterocycles. The highest BCUT2D eigenvalue weighted by atomic mass is 32.2. The molecule has 1 rings (SSSR count). The molecule has 1 saturated heterocycles. The van der Waals surface area contributed by atoms with Crippen LogP contribution in [0.15, 0.2) is 4.99 Å². The second kappa shape index (κ2) is 9.59. The van der Waals surface area contributed by atoms with Gasteiger partial charge >= 0.3 is 0 Å². The third-order valence-corrected chi connectivity index (χ3v) is 4.02. The van der Waals surface area contributed by atoms with Crippen LogP contribution in [0.4, 0.5) is 0 Å². The van der Waals surface area contributed by atoms with Gasteiger partial charge in [-0.2, -0.15) is 11.8 Å². The van der Waals surface area contributed by atoms with Gasteiger partial charge in [0.05, 0.1) is 6.54 Å². The smallest absolute Gasteiger partial charge is 0.191 e. The molecule has 0 aliphatic carbocycles. The Bertz CT molecular complexity index is 218. The molecule has 0 saturated carbocycles. The van der Waals surface area contributed by atoms with Gasteiger partial charge < -0.3 is 15.4 Å². The molecule has 0 aromatic carbocycles. The molecule has 4 nitrogen and oxygen atoms in total. The Kier molecular flexibility index (Phi) is 8.26. The molecule has 100 valence electrons. The van der Waals surface area contributed by atoms with Crippen molar-refractivity contribution in [2.45, 2.75) is 31.4 Å². The zero-order chi connectivity index (χ0) is 12.3. The van der Waals surface area contributed by atoms with Crippen molar-refractivity contribution in [3.8, 4) is 0 Å². The highest BCUT2D eigenvalue weighted by molar-refractivity contribution is 8.00. The third-order valence-electron chi connectivity index (χ3n) is 2.64. The van der Waals surface area contributed by atoms with E-state index in [2.05, 4.69) is 34.3 Å². The van der Waals surface area contributed by atoms with E-state index in [1.807, 2.05) is 0 Å². The lowest BCUT2D eigenvalue weighted by atomic mass is 10.2. The van der Waals surface area contributed by atoms with Gasteiger partial charge in [0.1, 0.15) is 0 Å². The summed E-state index contributed by atoms with van der Waals surface area (Å²) in [5, 5.41) is 7.33. The number of hydrogen-bond acceptors (Lipinski definition) is 3. The zero-order valence-corrected chi connectivity index (χ0v) is 11.8. The van der Waals surface area contributed by atoms with Crippen LogP contribution >= 0.6 is 11.8 Å². The summed E-state index contributed by atoms with van der Waals surface area (Å²) >= 11 is 2.05. The van der Waals surface area contributed by atoms with E-state index < -0.39 is 0 Å². The summed E-state index contributed by atoms with van der Waals surface area (Å²) in [6.07, 6.45) is 3.68. The maximum absolute atomic E-state index is 5.02. The number of rotatable bonds is 7. The zero-order valence-electron chi connectivity index (χ0n) is 11.0. The Morgan fingerprint density at radius 1 is 1.47 bits per heavy atom. The minimum absolute atomic E-state index is 0.726. The summed E-state index contributed by atoms with van der Waals surface area (Å²) in [5.41, 5.74) is 0. The average molecular weight is 259 g/mol. The first-order chi connectivity index (χ1) is 8.36. The number of methoxy groups -OCH3 is 1. The van der Waals surface area contributed by atoms with Gasteiger partial charge in [-0.3, -0.25) is 4.99 Å². The lowest BCUT2D eigenvalue weighted by Gasteiger charge is -2.12. The monoisotopic (exact) mass is 259 g/mol. The Labute approximate surface area is 109 Å². The number of ether oxygens (including phenoxy) is 1. The van der Waals surface area contributed by atoms with E-state index in [-0.39, 0.29) is 0 Å². The lowest BCUT2D eigenvalue weighted by Crippen LogP contribution is -2.38. The van der Waals surface area contributed by atoms with E-state index in [0.29, 0.717) is 0 Å². The van der Waals surface area contributed by atoms with Gasteiger partial charge in [-0.15, -0.1) is 0 Å². The van der Waals surface area contributed by atoms with Gasteiger partial charge in [-0.25, -0.2) is 0 Å². The molecular formula is C12H25N3OS. The first-order valence-corrected chi connectivity index (χ1v) is 7.54. The van der Waals surface area contributed by atoms with Crippen molar-refractivity contribution in [2.24, 2.45) is 4.99 Å². The fourth-order valence-electron chi connectivity index (χ4n) is 1.75. The topological polar surface area (TPSA) is 45.7 Å². The maximum atomic E-state index is 5.02. The van der Waals surface area contributed by atoms with Gasteiger partial charge in [0, 0.05) is 32.1 Å². The van der Waals surface area contributed by atoms with E-state index in [0.717, 1.165) is 43.9 Å². The number of nitrogens with one attached hydrogen (secondary N) is 2. The summed E-state index contributed by atoms with van der Waals surface area (Å²) in [6, 6.07) is 0. The molecule has 0 aromatic rings. The molecule has 0 bridgehead atoms. The standard InChI is InChI=1S/C12H25N3OS/c1-3-13-12(14-7-5-8-16-2)15-10-11-6-4-9-17-11/h11H,3-10H2,1-2H3,(H2,13,14,15). The first kappa shape index (κ1) is 14.6. The van der Waals surface area contributed by atoms with E-state index >= 15 is 0 Å². The minimum atomic E-state index is 0.726. The summed E-state index contributed by atoms with van der Waals surface area (Å²) in [6.45, 7) is 5.65. The molecular weight excluding hydrogens is 234 g/mol. The second-order valence-electron chi connectivity index (χ2n) is 4.13. The van der Waals surface area contributed by atoms with Gasteiger partial charge in [-0.05, 0) is 31.9 Å². The predicted molar refractivity (Wildman–Crippen MR) is 76.0 cm³/mol. The molecule has 1 heterocycles. The average Bonchev–Trinajstić information content (AvgIpc) is 2.84. The van der Waals surface area contributed by atoms with Crippen LogP contribution in [0.1, 0.15) is 26.2 Å². The normalized spacial score (nSPS) is 20.6. The first-order valence-electron chi connectivity index (χ1n) is 6.49. The van der Waals surface area contributed by atoms with Crippen LogP contribution in [0, 0.1) is 0 Å². The lowest BCUT2D eigenvalue weighted by molar-refractivity contribution is 0.195. The molecule has 0 radical (unpaired) electrons. The van der Waals surface area contributed by atoms with Crippen LogP contribution in [0.5, 0.6) is 0 Å². The van der Waals surface area contributed by atoms with E-state index in [1.54, 1.807) is 7.11 Å². The van der Waals surface area contributed by atoms with Gasteiger partial charge in [0.15, 0.2) is 5.96 Å².